The number of para-hydroxylation sites is 2. The van der Waals surface area contributed by atoms with Gasteiger partial charge in [-0.1, -0.05) is 207 Å². The molecule has 0 bridgehead atoms. The number of nitrogens with zero attached hydrogens (tertiary/aromatic N) is 2. The van der Waals surface area contributed by atoms with Gasteiger partial charge in [0.1, 0.15) is 11.5 Å². The molecule has 0 spiro atoms. The molecule has 0 N–H and O–H groups in total. The highest BCUT2D eigenvalue weighted by Crippen LogP contribution is 2.38. The second kappa shape index (κ2) is 27.6. The van der Waals surface area contributed by atoms with Gasteiger partial charge < -0.3 is 19.3 Å². The van der Waals surface area contributed by atoms with Crippen molar-refractivity contribution >= 4 is 46.3 Å². The highest BCUT2D eigenvalue weighted by molar-refractivity contribution is 5.79. The predicted molar refractivity (Wildman–Crippen MR) is 337 cm³/mol. The standard InChI is InChI=1S/C76H68N2O2/c1-3-59-26-20-36-73(56-59)77(69-32-13-7-14-33-69)71-48-42-61(43-49-71)41-47-68(54-62-23-9-5-10-24-62)66-31-19-27-63(53-66)25-17-18-52-80-76-39-22-37-74(58-76)78(70-34-15-8-16-35-70)72-50-44-60(45-51-72)40-46-67(65-29-11-6-12-30-65)55-64-28-21-38-75(57-64)79-4-2/h3-39,42-45,48-53,56-58,67-68H,1-2,40-41,46-47,54-55H2/b25-17?,52-18+. The molecule has 0 aliphatic carbocycles. The third kappa shape index (κ3) is 14.7. The lowest BCUT2D eigenvalue weighted by molar-refractivity contribution is 0.481. The van der Waals surface area contributed by atoms with Crippen molar-refractivity contribution in [3.05, 3.63) is 349 Å². The summed E-state index contributed by atoms with van der Waals surface area (Å²) in [6.45, 7) is 7.75. The van der Waals surface area contributed by atoms with Gasteiger partial charge in [0.2, 0.25) is 0 Å². The van der Waals surface area contributed by atoms with E-state index in [4.69, 9.17) is 9.47 Å². The average molecular weight is 1040 g/mol. The summed E-state index contributed by atoms with van der Waals surface area (Å²) >= 11 is 0. The second-order valence-corrected chi connectivity index (χ2v) is 20.2. The van der Waals surface area contributed by atoms with Crippen LogP contribution in [0.25, 0.3) is 12.2 Å². The van der Waals surface area contributed by atoms with Crippen molar-refractivity contribution in [1.29, 1.82) is 0 Å². The van der Waals surface area contributed by atoms with Gasteiger partial charge in [-0.25, -0.2) is 0 Å². The minimum atomic E-state index is 0.337. The third-order valence-corrected chi connectivity index (χ3v) is 14.7. The number of anilines is 6. The predicted octanol–water partition coefficient (Wildman–Crippen LogP) is 20.3. The first-order valence-electron chi connectivity index (χ1n) is 27.8. The van der Waals surface area contributed by atoms with Crippen LogP contribution in [0.1, 0.15) is 69.2 Å². The van der Waals surface area contributed by atoms with Crippen LogP contribution in [-0.2, 0) is 25.7 Å². The van der Waals surface area contributed by atoms with Crippen LogP contribution in [-0.4, -0.2) is 0 Å². The molecule has 10 aromatic rings. The van der Waals surface area contributed by atoms with Crippen molar-refractivity contribution < 1.29 is 9.47 Å². The van der Waals surface area contributed by atoms with Crippen LogP contribution >= 0.6 is 0 Å². The number of allylic oxidation sites excluding steroid dienone is 2. The zero-order chi connectivity index (χ0) is 54.6. The molecule has 0 aliphatic rings. The van der Waals surface area contributed by atoms with Crippen LogP contribution < -0.4 is 19.3 Å². The lowest BCUT2D eigenvalue weighted by Crippen LogP contribution is -2.10. The Balaban J connectivity index is 0.795. The topological polar surface area (TPSA) is 24.9 Å². The Hall–Kier alpha value is -9.64. The van der Waals surface area contributed by atoms with Gasteiger partial charge in [0.15, 0.2) is 0 Å². The molecular weight excluding hydrogens is 973 g/mol. The normalized spacial score (nSPS) is 11.9. The summed E-state index contributed by atoms with van der Waals surface area (Å²) in [6, 6.07) is 95.0. The lowest BCUT2D eigenvalue weighted by atomic mass is 9.86. The fourth-order valence-corrected chi connectivity index (χ4v) is 10.6. The number of hydrogen-bond donors (Lipinski definition) is 0. The molecule has 0 saturated heterocycles. The Bertz CT molecular complexity index is 3590. The average Bonchev–Trinajstić information content (AvgIpc) is 3.52. The van der Waals surface area contributed by atoms with Crippen molar-refractivity contribution in [3.8, 4) is 11.5 Å². The van der Waals surface area contributed by atoms with E-state index < -0.39 is 0 Å². The van der Waals surface area contributed by atoms with Gasteiger partial charge in [-0.15, -0.1) is 0 Å². The second-order valence-electron chi connectivity index (χ2n) is 20.2. The SMILES string of the molecule is C=COc1cccc(CC(CCc2ccc(N(c3ccccc3)c3cccc(O/C=C/C=Cc4cccc(C(CCc5ccc(N(c6ccccc6)c6cccc(C=C)c6)cc5)Cc5ccccc5)c4)c3)cc2)c2ccccc2)c1. The zero-order valence-corrected chi connectivity index (χ0v) is 45.4. The van der Waals surface area contributed by atoms with Crippen LogP contribution in [0.5, 0.6) is 11.5 Å². The largest absolute Gasteiger partial charge is 0.466 e. The van der Waals surface area contributed by atoms with Crippen LogP contribution in [0.15, 0.2) is 305 Å². The molecule has 0 radical (unpaired) electrons. The van der Waals surface area contributed by atoms with E-state index in [-0.39, 0.29) is 0 Å². The molecule has 394 valence electrons. The fourth-order valence-electron chi connectivity index (χ4n) is 10.6. The Kier molecular flexibility index (Phi) is 18.5. The maximum Gasteiger partial charge on any atom is 0.128 e. The summed E-state index contributed by atoms with van der Waals surface area (Å²) < 4.78 is 11.9. The maximum atomic E-state index is 6.28. The molecule has 0 fully saturated rings. The third-order valence-electron chi connectivity index (χ3n) is 14.7. The minimum Gasteiger partial charge on any atom is -0.466 e. The molecule has 0 amide bonds. The number of hydrogen-bond acceptors (Lipinski definition) is 4. The molecule has 80 heavy (non-hydrogen) atoms. The molecule has 4 heteroatoms. The Morgan fingerprint density at radius 3 is 1.43 bits per heavy atom. The van der Waals surface area contributed by atoms with Crippen molar-refractivity contribution in [1.82, 2.24) is 0 Å². The molecular formula is C76H68N2O2. The van der Waals surface area contributed by atoms with Crippen LogP contribution in [0.3, 0.4) is 0 Å². The first kappa shape index (κ1) is 53.7. The Morgan fingerprint density at radius 1 is 0.350 bits per heavy atom. The lowest BCUT2D eigenvalue weighted by Gasteiger charge is -2.26. The highest BCUT2D eigenvalue weighted by atomic mass is 16.5. The molecule has 0 heterocycles. The van der Waals surface area contributed by atoms with Crippen molar-refractivity contribution in [2.24, 2.45) is 0 Å². The van der Waals surface area contributed by atoms with Gasteiger partial charge in [-0.2, -0.15) is 0 Å². The maximum absolute atomic E-state index is 6.28. The number of ether oxygens (including phenoxy) is 2. The van der Waals surface area contributed by atoms with Gasteiger partial charge in [0.25, 0.3) is 0 Å². The summed E-state index contributed by atoms with van der Waals surface area (Å²) in [4.78, 5) is 4.59. The van der Waals surface area contributed by atoms with Crippen LogP contribution in [0.4, 0.5) is 34.1 Å². The van der Waals surface area contributed by atoms with Crippen LogP contribution in [0.2, 0.25) is 0 Å². The Labute approximate surface area is 474 Å². The molecule has 2 unspecified atom stereocenters. The fraction of sp³-hybridized carbons (Fsp3) is 0.105. The molecule has 10 aromatic carbocycles. The molecule has 0 aliphatic heterocycles. The molecule has 0 saturated carbocycles. The number of aryl methyl sites for hydroxylation is 2. The summed E-state index contributed by atoms with van der Waals surface area (Å²) in [5.41, 5.74) is 16.6. The van der Waals surface area contributed by atoms with E-state index in [9.17, 15) is 0 Å². The monoisotopic (exact) mass is 1040 g/mol. The van der Waals surface area contributed by atoms with E-state index in [2.05, 4.69) is 290 Å². The number of benzene rings is 10. The number of rotatable bonds is 25. The van der Waals surface area contributed by atoms with Gasteiger partial charge in [0, 0.05) is 40.2 Å². The summed E-state index contributed by atoms with van der Waals surface area (Å²) in [6.07, 6.45) is 17.2. The van der Waals surface area contributed by atoms with Crippen molar-refractivity contribution in [2.75, 3.05) is 9.80 Å². The van der Waals surface area contributed by atoms with E-state index in [0.29, 0.717) is 11.8 Å². The molecule has 4 nitrogen and oxygen atoms in total. The minimum absolute atomic E-state index is 0.337. The summed E-state index contributed by atoms with van der Waals surface area (Å²) in [5.74, 6) is 2.26. The summed E-state index contributed by atoms with van der Waals surface area (Å²) in [7, 11) is 0. The first-order valence-corrected chi connectivity index (χ1v) is 27.8. The van der Waals surface area contributed by atoms with Crippen molar-refractivity contribution in [3.63, 3.8) is 0 Å². The smallest absolute Gasteiger partial charge is 0.128 e. The first-order chi connectivity index (χ1) is 39.5. The highest BCUT2D eigenvalue weighted by Gasteiger charge is 2.18. The van der Waals surface area contributed by atoms with E-state index in [1.165, 1.54) is 39.6 Å². The van der Waals surface area contributed by atoms with Gasteiger partial charge in [0.05, 0.1) is 12.5 Å². The van der Waals surface area contributed by atoms with Crippen molar-refractivity contribution in [2.45, 2.75) is 50.4 Å². The van der Waals surface area contributed by atoms with Gasteiger partial charge in [-0.3, -0.25) is 0 Å². The molecule has 10 rings (SSSR count). The van der Waals surface area contributed by atoms with E-state index >= 15 is 0 Å². The zero-order valence-electron chi connectivity index (χ0n) is 45.4. The van der Waals surface area contributed by atoms with Crippen LogP contribution in [0, 0.1) is 0 Å². The van der Waals surface area contributed by atoms with E-state index in [0.717, 1.165) is 95.3 Å². The molecule has 0 aromatic heterocycles. The Morgan fingerprint density at radius 2 is 0.812 bits per heavy atom. The van der Waals surface area contributed by atoms with E-state index in [1.807, 2.05) is 24.3 Å². The summed E-state index contributed by atoms with van der Waals surface area (Å²) in [5, 5.41) is 0. The van der Waals surface area contributed by atoms with Gasteiger partial charge in [-0.05, 0) is 186 Å². The quantitative estimate of drug-likeness (QED) is 0.0421. The van der Waals surface area contributed by atoms with Gasteiger partial charge >= 0.3 is 0 Å². The van der Waals surface area contributed by atoms with E-state index in [1.54, 1.807) is 6.26 Å². The molecule has 2 atom stereocenters.